The largest absolute Gasteiger partial charge is 0.495 e. The van der Waals surface area contributed by atoms with E-state index in [4.69, 9.17) is 4.74 Å². The van der Waals surface area contributed by atoms with E-state index in [-0.39, 0.29) is 17.1 Å². The van der Waals surface area contributed by atoms with Gasteiger partial charge in [0.05, 0.1) is 23.7 Å². The molecule has 2 heterocycles. The maximum atomic E-state index is 13.3. The summed E-state index contributed by atoms with van der Waals surface area (Å²) in [5.41, 5.74) is 0.567. The van der Waals surface area contributed by atoms with E-state index in [1.54, 1.807) is 19.2 Å². The molecular weight excluding hydrogens is 345 g/mol. The topological polar surface area (TPSA) is 62.0 Å². The Morgan fingerprint density at radius 2 is 1.96 bits per heavy atom. The summed E-state index contributed by atoms with van der Waals surface area (Å²) in [7, 11) is 1.55. The molecule has 1 aliphatic rings. The molecule has 2 aromatic heterocycles. The molecule has 1 fully saturated rings. The van der Waals surface area contributed by atoms with Crippen molar-refractivity contribution in [2.24, 2.45) is 0 Å². The van der Waals surface area contributed by atoms with Gasteiger partial charge in [0.1, 0.15) is 17.2 Å². The van der Waals surface area contributed by atoms with Crippen LogP contribution < -0.4 is 15.4 Å². The van der Waals surface area contributed by atoms with Crippen LogP contribution in [0.25, 0.3) is 11.0 Å². The molecule has 0 atom stereocenters. The minimum Gasteiger partial charge on any atom is -0.495 e. The number of hydrogen-bond donors (Lipinski definition) is 3. The van der Waals surface area contributed by atoms with Crippen molar-refractivity contribution in [2.75, 3.05) is 17.7 Å². The molecule has 0 aliphatic heterocycles. The number of rotatable bonds is 5. The van der Waals surface area contributed by atoms with Crippen LogP contribution in [0, 0.1) is 0 Å². The molecule has 0 radical (unpaired) electrons. The number of alkyl halides is 3. The highest BCUT2D eigenvalue weighted by Crippen LogP contribution is 2.40. The lowest BCUT2D eigenvalue weighted by molar-refractivity contribution is -0.136. The molecule has 136 valence electrons. The molecular formula is C18H17F3N4O. The summed E-state index contributed by atoms with van der Waals surface area (Å²) < 4.78 is 45.3. The van der Waals surface area contributed by atoms with Crippen molar-refractivity contribution in [3.63, 3.8) is 0 Å². The number of fused-ring (bicyclic) bond motifs is 1. The zero-order chi connectivity index (χ0) is 18.3. The molecule has 3 N–H and O–H groups in total. The Balaban J connectivity index is 1.79. The van der Waals surface area contributed by atoms with Gasteiger partial charge in [-0.1, -0.05) is 12.1 Å². The number of pyridine rings is 1. The summed E-state index contributed by atoms with van der Waals surface area (Å²) >= 11 is 0. The predicted molar refractivity (Wildman–Crippen MR) is 94.0 cm³/mol. The number of aromatic nitrogens is 2. The van der Waals surface area contributed by atoms with Gasteiger partial charge in [-0.3, -0.25) is 0 Å². The second-order valence-electron chi connectivity index (χ2n) is 6.22. The lowest BCUT2D eigenvalue weighted by Crippen LogP contribution is -2.08. The lowest BCUT2D eigenvalue weighted by atomic mass is 10.1. The highest BCUT2D eigenvalue weighted by Gasteiger charge is 2.36. The summed E-state index contributed by atoms with van der Waals surface area (Å²) in [6.45, 7) is 0. The van der Waals surface area contributed by atoms with E-state index in [0.29, 0.717) is 22.9 Å². The SMILES string of the molecule is COc1ccccc1Nc1cc(NC2CC2)c2c(C(F)(F)F)c[nH]c2n1. The van der Waals surface area contributed by atoms with Crippen LogP contribution in [0.15, 0.2) is 36.5 Å². The van der Waals surface area contributed by atoms with Crippen molar-refractivity contribution in [1.29, 1.82) is 0 Å². The van der Waals surface area contributed by atoms with Crippen LogP contribution in [0.4, 0.5) is 30.4 Å². The quantitative estimate of drug-likeness (QED) is 0.604. The smallest absolute Gasteiger partial charge is 0.418 e. The molecule has 4 rings (SSSR count). The molecule has 0 unspecified atom stereocenters. The fraction of sp³-hybridized carbons (Fsp3) is 0.278. The van der Waals surface area contributed by atoms with Gasteiger partial charge in [0.25, 0.3) is 0 Å². The van der Waals surface area contributed by atoms with Crippen molar-refractivity contribution in [1.82, 2.24) is 9.97 Å². The first kappa shape index (κ1) is 16.6. The van der Waals surface area contributed by atoms with Crippen LogP contribution in [-0.2, 0) is 6.18 Å². The van der Waals surface area contributed by atoms with Gasteiger partial charge in [0, 0.05) is 24.0 Å². The third-order valence-electron chi connectivity index (χ3n) is 4.25. The van der Waals surface area contributed by atoms with Crippen LogP contribution in [-0.4, -0.2) is 23.1 Å². The van der Waals surface area contributed by atoms with E-state index in [1.807, 2.05) is 18.2 Å². The van der Waals surface area contributed by atoms with Crippen molar-refractivity contribution >= 4 is 28.2 Å². The number of nitrogens with one attached hydrogen (secondary N) is 3. The first-order valence-corrected chi connectivity index (χ1v) is 8.21. The van der Waals surface area contributed by atoms with E-state index in [1.165, 1.54) is 0 Å². The summed E-state index contributed by atoms with van der Waals surface area (Å²) in [5, 5.41) is 6.37. The van der Waals surface area contributed by atoms with E-state index in [9.17, 15) is 13.2 Å². The maximum Gasteiger partial charge on any atom is 0.418 e. The summed E-state index contributed by atoms with van der Waals surface area (Å²) in [4.78, 5) is 6.95. The molecule has 8 heteroatoms. The van der Waals surface area contributed by atoms with Crippen LogP contribution in [0.5, 0.6) is 5.75 Å². The number of hydrogen-bond acceptors (Lipinski definition) is 4. The van der Waals surface area contributed by atoms with E-state index in [2.05, 4.69) is 20.6 Å². The molecule has 0 spiro atoms. The zero-order valence-electron chi connectivity index (χ0n) is 13.9. The van der Waals surface area contributed by atoms with Gasteiger partial charge in [0.15, 0.2) is 0 Å². The summed E-state index contributed by atoms with van der Waals surface area (Å²) in [6.07, 6.45) is -1.59. The standard InChI is InChI=1S/C18H17F3N4O/c1-26-14-5-3-2-4-12(14)24-15-8-13(23-10-6-7-10)16-11(18(19,20)21)9-22-17(16)25-15/h2-5,8-10H,6-7H2,1H3,(H3,22,23,24,25). The molecule has 1 aliphatic carbocycles. The van der Waals surface area contributed by atoms with Crippen LogP contribution >= 0.6 is 0 Å². The Bertz CT molecular complexity index is 947. The first-order valence-electron chi connectivity index (χ1n) is 8.21. The van der Waals surface area contributed by atoms with E-state index < -0.39 is 11.7 Å². The average molecular weight is 362 g/mol. The van der Waals surface area contributed by atoms with Gasteiger partial charge in [-0.25, -0.2) is 4.98 Å². The number of para-hydroxylation sites is 2. The average Bonchev–Trinajstić information content (AvgIpc) is 3.29. The second-order valence-corrected chi connectivity index (χ2v) is 6.22. The van der Waals surface area contributed by atoms with Crippen molar-refractivity contribution in [3.05, 3.63) is 42.1 Å². The third kappa shape index (κ3) is 3.14. The minimum absolute atomic E-state index is 0.0648. The van der Waals surface area contributed by atoms with Crippen LogP contribution in [0.1, 0.15) is 18.4 Å². The molecule has 5 nitrogen and oxygen atoms in total. The monoisotopic (exact) mass is 362 g/mol. The minimum atomic E-state index is -4.45. The van der Waals surface area contributed by atoms with Crippen molar-refractivity contribution in [2.45, 2.75) is 25.1 Å². The highest BCUT2D eigenvalue weighted by atomic mass is 19.4. The highest BCUT2D eigenvalue weighted by molar-refractivity contribution is 5.95. The van der Waals surface area contributed by atoms with Gasteiger partial charge in [0.2, 0.25) is 0 Å². The Kier molecular flexibility index (Phi) is 3.90. The van der Waals surface area contributed by atoms with Gasteiger partial charge in [-0.05, 0) is 25.0 Å². The molecule has 1 aromatic carbocycles. The fourth-order valence-corrected chi connectivity index (χ4v) is 2.87. The number of nitrogens with zero attached hydrogens (tertiary/aromatic N) is 1. The van der Waals surface area contributed by atoms with Crippen LogP contribution in [0.3, 0.4) is 0 Å². The number of halogens is 3. The fourth-order valence-electron chi connectivity index (χ4n) is 2.87. The molecule has 0 amide bonds. The normalized spacial score (nSPS) is 14.5. The molecule has 0 saturated heterocycles. The van der Waals surface area contributed by atoms with Crippen molar-refractivity contribution < 1.29 is 17.9 Å². The Morgan fingerprint density at radius 3 is 2.65 bits per heavy atom. The molecule has 3 aromatic rings. The van der Waals surface area contributed by atoms with Gasteiger partial charge < -0.3 is 20.4 Å². The number of methoxy groups -OCH3 is 1. The van der Waals surface area contributed by atoms with Crippen LogP contribution in [0.2, 0.25) is 0 Å². The Labute approximate surface area is 147 Å². The molecule has 26 heavy (non-hydrogen) atoms. The number of ether oxygens (including phenoxy) is 1. The predicted octanol–water partition coefficient (Wildman–Crippen LogP) is 4.91. The molecule has 0 bridgehead atoms. The maximum absolute atomic E-state index is 13.3. The first-order chi connectivity index (χ1) is 12.5. The number of benzene rings is 1. The second kappa shape index (κ2) is 6.12. The number of anilines is 3. The summed E-state index contributed by atoms with van der Waals surface area (Å²) in [6, 6.07) is 9.09. The van der Waals surface area contributed by atoms with E-state index >= 15 is 0 Å². The van der Waals surface area contributed by atoms with Gasteiger partial charge >= 0.3 is 6.18 Å². The van der Waals surface area contributed by atoms with Gasteiger partial charge in [-0.2, -0.15) is 13.2 Å². The Hall–Kier alpha value is -2.90. The number of H-pyrrole nitrogens is 1. The molecule has 1 saturated carbocycles. The number of aromatic amines is 1. The van der Waals surface area contributed by atoms with Crippen molar-refractivity contribution in [3.8, 4) is 5.75 Å². The van der Waals surface area contributed by atoms with E-state index in [0.717, 1.165) is 19.0 Å². The van der Waals surface area contributed by atoms with Gasteiger partial charge in [-0.15, -0.1) is 0 Å². The zero-order valence-corrected chi connectivity index (χ0v) is 13.9. The third-order valence-corrected chi connectivity index (χ3v) is 4.25. The summed E-state index contributed by atoms with van der Waals surface area (Å²) in [5.74, 6) is 1.05. The Morgan fingerprint density at radius 1 is 1.19 bits per heavy atom. The lowest BCUT2D eigenvalue weighted by Gasteiger charge is -2.14.